The zero-order valence-corrected chi connectivity index (χ0v) is 19.4. The van der Waals surface area contributed by atoms with E-state index in [2.05, 4.69) is 10.6 Å². The van der Waals surface area contributed by atoms with Crippen molar-refractivity contribution in [1.29, 1.82) is 0 Å². The molecule has 0 bridgehead atoms. The number of rotatable bonds is 5. The van der Waals surface area contributed by atoms with Crippen molar-refractivity contribution >= 4 is 17.8 Å². The number of ether oxygens (including phenoxy) is 2. The highest BCUT2D eigenvalue weighted by molar-refractivity contribution is 6.09. The van der Waals surface area contributed by atoms with E-state index >= 15 is 0 Å². The minimum Gasteiger partial charge on any atom is -0.490 e. The van der Waals surface area contributed by atoms with Crippen molar-refractivity contribution in [2.45, 2.75) is 44.7 Å². The number of amides is 4. The van der Waals surface area contributed by atoms with Gasteiger partial charge in [0.1, 0.15) is 12.1 Å². The van der Waals surface area contributed by atoms with E-state index in [-0.39, 0.29) is 24.4 Å². The maximum absolute atomic E-state index is 13.4. The van der Waals surface area contributed by atoms with Crippen LogP contribution in [0, 0.1) is 5.92 Å². The normalized spacial score (nSPS) is 21.9. The molecule has 2 atom stereocenters. The number of fused-ring (bicyclic) bond motifs is 3. The highest BCUT2D eigenvalue weighted by atomic mass is 16.5. The fraction of sp³-hybridized carbons (Fsp3) is 0.423. The molecule has 1 aliphatic carbocycles. The molecule has 4 amide bonds. The van der Waals surface area contributed by atoms with E-state index in [9.17, 15) is 14.4 Å². The van der Waals surface area contributed by atoms with Crippen molar-refractivity contribution in [2.75, 3.05) is 19.8 Å². The van der Waals surface area contributed by atoms with E-state index in [0.29, 0.717) is 37.6 Å². The lowest BCUT2D eigenvalue weighted by atomic mass is 9.92. The van der Waals surface area contributed by atoms with Crippen molar-refractivity contribution in [3.8, 4) is 11.5 Å². The molecule has 34 heavy (non-hydrogen) atoms. The van der Waals surface area contributed by atoms with E-state index < -0.39 is 17.5 Å². The van der Waals surface area contributed by atoms with Gasteiger partial charge in [-0.2, -0.15) is 0 Å². The largest absolute Gasteiger partial charge is 0.490 e. The van der Waals surface area contributed by atoms with Crippen molar-refractivity contribution in [2.24, 2.45) is 5.92 Å². The van der Waals surface area contributed by atoms with Crippen LogP contribution in [0.1, 0.15) is 49.4 Å². The molecule has 1 spiro atoms. The molecule has 2 heterocycles. The predicted octanol–water partition coefficient (Wildman–Crippen LogP) is 3.05. The Bertz CT molecular complexity index is 1150. The third-order valence-electron chi connectivity index (χ3n) is 6.84. The molecule has 0 aromatic heterocycles. The monoisotopic (exact) mass is 463 g/mol. The first-order chi connectivity index (χ1) is 16.4. The summed E-state index contributed by atoms with van der Waals surface area (Å²) in [6.45, 7) is 4.86. The summed E-state index contributed by atoms with van der Waals surface area (Å²) in [6, 6.07) is 12.5. The van der Waals surface area contributed by atoms with Gasteiger partial charge in [-0.3, -0.25) is 14.5 Å². The van der Waals surface area contributed by atoms with Crippen LogP contribution >= 0.6 is 0 Å². The lowest BCUT2D eigenvalue weighted by molar-refractivity contribution is -0.135. The summed E-state index contributed by atoms with van der Waals surface area (Å²) in [5, 5.41) is 5.88. The van der Waals surface area contributed by atoms with Crippen molar-refractivity contribution in [3.63, 3.8) is 0 Å². The van der Waals surface area contributed by atoms with Crippen LogP contribution in [0.2, 0.25) is 0 Å². The molecular weight excluding hydrogens is 434 g/mol. The molecule has 2 aliphatic heterocycles. The van der Waals surface area contributed by atoms with Gasteiger partial charge < -0.3 is 20.1 Å². The lowest BCUT2D eigenvalue weighted by Gasteiger charge is -2.25. The first-order valence-electron chi connectivity index (χ1n) is 11.8. The maximum atomic E-state index is 13.4. The molecule has 5 rings (SSSR count). The second-order valence-electron chi connectivity index (χ2n) is 9.43. The Hall–Kier alpha value is -3.55. The summed E-state index contributed by atoms with van der Waals surface area (Å²) >= 11 is 0. The molecular formula is C26H29N3O5. The Morgan fingerprint density at radius 2 is 1.88 bits per heavy atom. The summed E-state index contributed by atoms with van der Waals surface area (Å²) in [5.74, 6) is 0.666. The lowest BCUT2D eigenvalue weighted by Crippen LogP contribution is -2.44. The summed E-state index contributed by atoms with van der Waals surface area (Å²) in [4.78, 5) is 40.2. The van der Waals surface area contributed by atoms with E-state index in [4.69, 9.17) is 9.47 Å². The van der Waals surface area contributed by atoms with Crippen molar-refractivity contribution in [3.05, 3.63) is 59.2 Å². The van der Waals surface area contributed by atoms with E-state index in [1.807, 2.05) is 56.3 Å². The average molecular weight is 464 g/mol. The van der Waals surface area contributed by atoms with Gasteiger partial charge >= 0.3 is 6.03 Å². The summed E-state index contributed by atoms with van der Waals surface area (Å²) in [7, 11) is 0. The van der Waals surface area contributed by atoms with Gasteiger partial charge in [-0.25, -0.2) is 4.79 Å². The molecule has 0 radical (unpaired) electrons. The number of imide groups is 1. The Morgan fingerprint density at radius 3 is 2.68 bits per heavy atom. The first kappa shape index (κ1) is 22.3. The molecule has 178 valence electrons. The molecule has 2 N–H and O–H groups in total. The first-order valence-corrected chi connectivity index (χ1v) is 11.8. The SMILES string of the molecule is CC(C)[C@@H](NC(=O)CN1C(=O)N[C@@]2(CCc3ccccc32)C1=O)c1ccc2c(c1)OCCCO2. The topological polar surface area (TPSA) is 97.0 Å². The van der Waals surface area contributed by atoms with Gasteiger partial charge in [0, 0.05) is 6.42 Å². The number of nitrogens with one attached hydrogen (secondary N) is 2. The Morgan fingerprint density at radius 1 is 1.12 bits per heavy atom. The molecule has 0 unspecified atom stereocenters. The van der Waals surface area contributed by atoms with E-state index in [1.54, 1.807) is 0 Å². The number of hydrogen-bond donors (Lipinski definition) is 2. The molecule has 0 saturated carbocycles. The molecule has 8 nitrogen and oxygen atoms in total. The van der Waals surface area contributed by atoms with Crippen LogP contribution in [0.5, 0.6) is 11.5 Å². The highest BCUT2D eigenvalue weighted by Gasteiger charge is 2.55. The van der Waals surface area contributed by atoms with Crippen LogP contribution in [-0.4, -0.2) is 42.5 Å². The summed E-state index contributed by atoms with van der Waals surface area (Å²) in [5.41, 5.74) is 1.69. The summed E-state index contributed by atoms with van der Waals surface area (Å²) in [6.07, 6.45) is 2.02. The minimum atomic E-state index is -1.07. The fourth-order valence-corrected chi connectivity index (χ4v) is 5.10. The Kier molecular flexibility index (Phi) is 5.67. The van der Waals surface area contributed by atoms with E-state index in [1.165, 1.54) is 0 Å². The number of carbonyl (C=O) groups excluding carboxylic acids is 3. The molecule has 2 aromatic carbocycles. The average Bonchev–Trinajstić information content (AvgIpc) is 3.17. The minimum absolute atomic E-state index is 0.0739. The smallest absolute Gasteiger partial charge is 0.325 e. The van der Waals surface area contributed by atoms with Crippen LogP contribution in [0.4, 0.5) is 4.79 Å². The third kappa shape index (κ3) is 3.77. The van der Waals surface area contributed by atoms with Crippen LogP contribution in [0.15, 0.2) is 42.5 Å². The number of aryl methyl sites for hydroxylation is 1. The van der Waals surface area contributed by atoms with Gasteiger partial charge in [0.15, 0.2) is 11.5 Å². The number of hydrogen-bond acceptors (Lipinski definition) is 5. The Balaban J connectivity index is 1.32. The fourth-order valence-electron chi connectivity index (χ4n) is 5.10. The number of benzene rings is 2. The van der Waals surface area contributed by atoms with Gasteiger partial charge in [0.25, 0.3) is 5.91 Å². The van der Waals surface area contributed by atoms with Gasteiger partial charge in [0.2, 0.25) is 5.91 Å². The molecule has 3 aliphatic rings. The van der Waals surface area contributed by atoms with E-state index in [0.717, 1.165) is 28.0 Å². The van der Waals surface area contributed by atoms with Crippen LogP contribution in [-0.2, 0) is 21.5 Å². The highest BCUT2D eigenvalue weighted by Crippen LogP contribution is 2.41. The van der Waals surface area contributed by atoms with Crippen LogP contribution in [0.3, 0.4) is 0 Å². The van der Waals surface area contributed by atoms with Gasteiger partial charge in [-0.1, -0.05) is 44.2 Å². The van der Waals surface area contributed by atoms with Gasteiger partial charge in [-0.05, 0) is 47.6 Å². The third-order valence-corrected chi connectivity index (χ3v) is 6.84. The molecule has 8 heteroatoms. The number of nitrogens with zero attached hydrogens (tertiary/aromatic N) is 1. The maximum Gasteiger partial charge on any atom is 0.325 e. The quantitative estimate of drug-likeness (QED) is 0.665. The summed E-state index contributed by atoms with van der Waals surface area (Å²) < 4.78 is 11.5. The van der Waals surface area contributed by atoms with Crippen LogP contribution in [0.25, 0.3) is 0 Å². The predicted molar refractivity (Wildman–Crippen MR) is 124 cm³/mol. The second-order valence-corrected chi connectivity index (χ2v) is 9.43. The number of urea groups is 1. The van der Waals surface area contributed by atoms with Crippen molar-refractivity contribution in [1.82, 2.24) is 15.5 Å². The number of carbonyl (C=O) groups is 3. The zero-order valence-electron chi connectivity index (χ0n) is 19.4. The standard InChI is InChI=1S/C26H29N3O5/c1-16(2)23(18-8-9-20-21(14-18)34-13-5-12-33-20)27-22(30)15-29-24(31)26(28-25(29)32)11-10-17-6-3-4-7-19(17)26/h3-4,6-9,14,16,23H,5,10-13,15H2,1-2H3,(H,27,30)(H,28,32)/t23-,26-/m1/s1. The van der Waals surface area contributed by atoms with Crippen LogP contribution < -0.4 is 20.1 Å². The molecule has 1 saturated heterocycles. The van der Waals surface area contributed by atoms with Gasteiger partial charge in [0.05, 0.1) is 19.3 Å². The van der Waals surface area contributed by atoms with Crippen molar-refractivity contribution < 1.29 is 23.9 Å². The zero-order chi connectivity index (χ0) is 23.9. The Labute approximate surface area is 198 Å². The molecule has 1 fully saturated rings. The molecule has 2 aromatic rings. The second kappa shape index (κ2) is 8.66. The van der Waals surface area contributed by atoms with Gasteiger partial charge in [-0.15, -0.1) is 0 Å².